The molecule has 0 aromatic heterocycles. The van der Waals surface area contributed by atoms with Crippen LogP contribution < -0.4 is 10.6 Å². The van der Waals surface area contributed by atoms with Crippen molar-refractivity contribution in [2.45, 2.75) is 19.4 Å². The lowest BCUT2D eigenvalue weighted by Crippen LogP contribution is -2.27. The van der Waals surface area contributed by atoms with Gasteiger partial charge in [-0.2, -0.15) is 0 Å². The van der Waals surface area contributed by atoms with Crippen molar-refractivity contribution >= 4 is 31.5 Å². The average Bonchev–Trinajstić information content (AvgIpc) is 2.50. The number of sulfone groups is 1. The highest BCUT2D eigenvalue weighted by Gasteiger charge is 2.20. The molecule has 0 saturated carbocycles. The van der Waals surface area contributed by atoms with Gasteiger partial charge in [0.15, 0.2) is 9.84 Å². The molecule has 0 aliphatic carbocycles. The van der Waals surface area contributed by atoms with E-state index in [0.717, 1.165) is 22.3 Å². The topological polar surface area (TPSA) is 63.4 Å². The highest BCUT2D eigenvalue weighted by atomic mass is 79.9. The van der Waals surface area contributed by atoms with E-state index in [-0.39, 0.29) is 11.8 Å². The van der Waals surface area contributed by atoms with Crippen LogP contribution >= 0.6 is 15.9 Å². The first-order valence-electron chi connectivity index (χ1n) is 6.39. The van der Waals surface area contributed by atoms with E-state index in [1.165, 1.54) is 0 Å². The summed E-state index contributed by atoms with van der Waals surface area (Å²) in [5, 5.41) is 0. The minimum absolute atomic E-state index is 0.00476. The molecule has 1 fully saturated rings. The summed E-state index contributed by atoms with van der Waals surface area (Å²) in [7, 11) is -2.87. The van der Waals surface area contributed by atoms with Crippen molar-refractivity contribution in [3.63, 3.8) is 0 Å². The lowest BCUT2D eigenvalue weighted by atomic mass is 10.1. The second-order valence-corrected chi connectivity index (χ2v) is 8.15. The summed E-state index contributed by atoms with van der Waals surface area (Å²) in [5.41, 5.74) is 7.97. The minimum Gasteiger partial charge on any atom is -0.370 e. The number of hydrogen-bond donors (Lipinski definition) is 1. The molecule has 1 aromatic carbocycles. The van der Waals surface area contributed by atoms with Crippen molar-refractivity contribution in [1.29, 1.82) is 0 Å². The molecular formula is C13H19BrN2O2S. The zero-order chi connectivity index (χ0) is 14.0. The van der Waals surface area contributed by atoms with Gasteiger partial charge in [-0.05, 0) is 47.0 Å². The predicted molar refractivity (Wildman–Crippen MR) is 82.2 cm³/mol. The van der Waals surface area contributed by atoms with Gasteiger partial charge in [-0.25, -0.2) is 8.42 Å². The summed E-state index contributed by atoms with van der Waals surface area (Å²) in [6.07, 6.45) is 0.684. The average molecular weight is 347 g/mol. The van der Waals surface area contributed by atoms with Crippen molar-refractivity contribution in [1.82, 2.24) is 0 Å². The number of anilines is 1. The first kappa shape index (κ1) is 14.8. The smallest absolute Gasteiger partial charge is 0.152 e. The van der Waals surface area contributed by atoms with E-state index in [0.29, 0.717) is 18.7 Å². The van der Waals surface area contributed by atoms with Gasteiger partial charge in [0.05, 0.1) is 17.2 Å². The molecule has 1 aliphatic heterocycles. The van der Waals surface area contributed by atoms with Gasteiger partial charge in [0.1, 0.15) is 0 Å². The fourth-order valence-electron chi connectivity index (χ4n) is 2.24. The van der Waals surface area contributed by atoms with Crippen LogP contribution in [0.5, 0.6) is 0 Å². The molecule has 4 nitrogen and oxygen atoms in total. The van der Waals surface area contributed by atoms with E-state index in [1.54, 1.807) is 0 Å². The molecule has 1 aliphatic rings. The van der Waals surface area contributed by atoms with Gasteiger partial charge >= 0.3 is 0 Å². The van der Waals surface area contributed by atoms with E-state index < -0.39 is 9.84 Å². The fourth-order valence-corrected chi connectivity index (χ4v) is 4.16. The molecule has 0 unspecified atom stereocenters. The van der Waals surface area contributed by atoms with Crippen LogP contribution in [0.1, 0.15) is 24.9 Å². The van der Waals surface area contributed by atoms with Gasteiger partial charge in [0.2, 0.25) is 0 Å². The van der Waals surface area contributed by atoms with Gasteiger partial charge in [0, 0.05) is 23.6 Å². The van der Waals surface area contributed by atoms with Crippen molar-refractivity contribution < 1.29 is 8.42 Å². The number of benzene rings is 1. The number of nitrogens with two attached hydrogens (primary N) is 1. The molecule has 6 heteroatoms. The Labute approximate surface area is 123 Å². The lowest BCUT2D eigenvalue weighted by Gasteiger charge is -2.24. The van der Waals surface area contributed by atoms with E-state index in [4.69, 9.17) is 5.73 Å². The summed E-state index contributed by atoms with van der Waals surface area (Å²) in [4.78, 5) is 2.12. The SMILES string of the molecule is C[C@H](N)c1ccc(N2CCCS(=O)(=O)CC2)c(Br)c1. The largest absolute Gasteiger partial charge is 0.370 e. The minimum atomic E-state index is -2.87. The van der Waals surface area contributed by atoms with Gasteiger partial charge in [-0.15, -0.1) is 0 Å². The number of nitrogens with zero attached hydrogens (tertiary/aromatic N) is 1. The van der Waals surface area contributed by atoms with Crippen molar-refractivity contribution in [3.8, 4) is 0 Å². The molecule has 1 heterocycles. The van der Waals surface area contributed by atoms with E-state index >= 15 is 0 Å². The third kappa shape index (κ3) is 3.70. The van der Waals surface area contributed by atoms with Gasteiger partial charge in [-0.3, -0.25) is 0 Å². The molecule has 0 radical (unpaired) electrons. The summed E-state index contributed by atoms with van der Waals surface area (Å²) in [6.45, 7) is 3.27. The summed E-state index contributed by atoms with van der Waals surface area (Å²) in [5.74, 6) is 0.521. The molecule has 0 bridgehead atoms. The zero-order valence-corrected chi connectivity index (χ0v) is 13.4. The highest BCUT2D eigenvalue weighted by Crippen LogP contribution is 2.29. The zero-order valence-electron chi connectivity index (χ0n) is 11.0. The molecule has 0 spiro atoms. The van der Waals surface area contributed by atoms with Crippen LogP contribution in [0, 0.1) is 0 Å². The summed E-state index contributed by atoms with van der Waals surface area (Å²) in [6, 6.07) is 6.03. The van der Waals surface area contributed by atoms with E-state index in [1.807, 2.05) is 25.1 Å². The Morgan fingerprint density at radius 1 is 1.32 bits per heavy atom. The van der Waals surface area contributed by atoms with Crippen LogP contribution in [0.3, 0.4) is 0 Å². The number of rotatable bonds is 2. The molecule has 2 N–H and O–H groups in total. The first-order valence-corrected chi connectivity index (χ1v) is 9.01. The number of hydrogen-bond acceptors (Lipinski definition) is 4. The van der Waals surface area contributed by atoms with Crippen LogP contribution in [0.15, 0.2) is 22.7 Å². The van der Waals surface area contributed by atoms with Crippen LogP contribution in [0.25, 0.3) is 0 Å². The molecular weight excluding hydrogens is 328 g/mol. The van der Waals surface area contributed by atoms with Gasteiger partial charge in [-0.1, -0.05) is 6.07 Å². The van der Waals surface area contributed by atoms with Crippen molar-refractivity contribution in [3.05, 3.63) is 28.2 Å². The highest BCUT2D eigenvalue weighted by molar-refractivity contribution is 9.10. The normalized spacial score (nSPS) is 20.9. The number of halogens is 1. The van der Waals surface area contributed by atoms with Crippen LogP contribution in [-0.2, 0) is 9.84 Å². The Hall–Kier alpha value is -0.590. The van der Waals surface area contributed by atoms with Crippen LogP contribution in [0.2, 0.25) is 0 Å². The molecule has 1 saturated heterocycles. The van der Waals surface area contributed by atoms with Gasteiger partial charge in [0.25, 0.3) is 0 Å². The van der Waals surface area contributed by atoms with E-state index in [9.17, 15) is 8.42 Å². The van der Waals surface area contributed by atoms with Crippen LogP contribution in [0.4, 0.5) is 5.69 Å². The maximum atomic E-state index is 11.6. The Morgan fingerprint density at radius 2 is 2.05 bits per heavy atom. The third-order valence-corrected chi connectivity index (χ3v) is 5.74. The molecule has 2 rings (SSSR count). The second kappa shape index (κ2) is 5.81. The quantitative estimate of drug-likeness (QED) is 0.890. The molecule has 19 heavy (non-hydrogen) atoms. The standard InChI is InChI=1S/C13H19BrN2O2S/c1-10(15)11-3-4-13(12(14)9-11)16-5-2-7-19(17,18)8-6-16/h3-4,9-10H,2,5-8,15H2,1H3/t10-/m0/s1. The molecule has 0 amide bonds. The summed E-state index contributed by atoms with van der Waals surface area (Å²) >= 11 is 3.56. The molecule has 1 atom stereocenters. The Morgan fingerprint density at radius 3 is 2.68 bits per heavy atom. The predicted octanol–water partition coefficient (Wildman–Crippen LogP) is 2.09. The Kier molecular flexibility index (Phi) is 4.53. The Bertz CT molecular complexity index is 558. The van der Waals surface area contributed by atoms with Crippen molar-refractivity contribution in [2.75, 3.05) is 29.5 Å². The molecule has 106 valence electrons. The Balaban J connectivity index is 2.22. The summed E-state index contributed by atoms with van der Waals surface area (Å²) < 4.78 is 24.2. The fraction of sp³-hybridized carbons (Fsp3) is 0.538. The van der Waals surface area contributed by atoms with Gasteiger partial charge < -0.3 is 10.6 Å². The van der Waals surface area contributed by atoms with Crippen LogP contribution in [-0.4, -0.2) is 33.0 Å². The second-order valence-electron chi connectivity index (χ2n) is 4.99. The molecule has 1 aromatic rings. The monoisotopic (exact) mass is 346 g/mol. The lowest BCUT2D eigenvalue weighted by molar-refractivity contribution is 0.597. The third-order valence-electron chi connectivity index (χ3n) is 3.39. The first-order chi connectivity index (χ1) is 8.89. The van der Waals surface area contributed by atoms with Crippen molar-refractivity contribution in [2.24, 2.45) is 5.73 Å². The maximum absolute atomic E-state index is 11.6. The maximum Gasteiger partial charge on any atom is 0.152 e. The van der Waals surface area contributed by atoms with E-state index in [2.05, 4.69) is 20.8 Å².